The fourth-order valence-electron chi connectivity index (χ4n) is 3.64. The maximum absolute atomic E-state index is 11.7. The Hall–Kier alpha value is -1.16. The standard InChI is InChI=1S/C27H50O4/c1-2-3-4-5-6-7-8-11-14-17-20-23-26(29)31-27(30)24-21-18-15-12-9-10-13-16-19-22-25-28/h5-6,28H,2-4,7-25H2,1H3. The van der Waals surface area contributed by atoms with Gasteiger partial charge in [-0.15, -0.1) is 0 Å². The number of aliphatic hydroxyl groups is 1. The van der Waals surface area contributed by atoms with Gasteiger partial charge < -0.3 is 9.84 Å². The molecule has 0 amide bonds. The van der Waals surface area contributed by atoms with E-state index in [9.17, 15) is 9.59 Å². The van der Waals surface area contributed by atoms with Crippen molar-refractivity contribution in [3.05, 3.63) is 12.2 Å². The Morgan fingerprint density at radius 3 is 1.42 bits per heavy atom. The molecule has 1 N–H and O–H groups in total. The third-order valence-electron chi connectivity index (χ3n) is 5.66. The van der Waals surface area contributed by atoms with E-state index in [1.807, 2.05) is 0 Å². The monoisotopic (exact) mass is 438 g/mol. The fraction of sp³-hybridized carbons (Fsp3) is 0.852. The number of rotatable bonds is 23. The molecule has 0 saturated carbocycles. The predicted molar refractivity (Wildman–Crippen MR) is 130 cm³/mol. The predicted octanol–water partition coefficient (Wildman–Crippen LogP) is 7.82. The lowest BCUT2D eigenvalue weighted by atomic mass is 10.1. The van der Waals surface area contributed by atoms with Crippen molar-refractivity contribution in [2.45, 2.75) is 142 Å². The minimum absolute atomic E-state index is 0.311. The van der Waals surface area contributed by atoms with Gasteiger partial charge in [-0.1, -0.05) is 103 Å². The molecule has 0 saturated heterocycles. The van der Waals surface area contributed by atoms with Crippen LogP contribution < -0.4 is 0 Å². The van der Waals surface area contributed by atoms with Crippen LogP contribution in [-0.2, 0) is 14.3 Å². The second kappa shape index (κ2) is 25.1. The van der Waals surface area contributed by atoms with Crippen LogP contribution >= 0.6 is 0 Å². The maximum atomic E-state index is 11.7. The molecular formula is C27H50O4. The number of carbonyl (C=O) groups is 2. The van der Waals surface area contributed by atoms with E-state index in [4.69, 9.17) is 9.84 Å². The van der Waals surface area contributed by atoms with Crippen LogP contribution in [-0.4, -0.2) is 23.7 Å². The van der Waals surface area contributed by atoms with E-state index in [2.05, 4.69) is 19.1 Å². The smallest absolute Gasteiger partial charge is 0.313 e. The minimum Gasteiger partial charge on any atom is -0.396 e. The van der Waals surface area contributed by atoms with E-state index >= 15 is 0 Å². The molecule has 0 unspecified atom stereocenters. The Balaban J connectivity index is 3.35. The van der Waals surface area contributed by atoms with Crippen LogP contribution in [0.25, 0.3) is 0 Å². The van der Waals surface area contributed by atoms with Gasteiger partial charge in [-0.05, 0) is 38.5 Å². The summed E-state index contributed by atoms with van der Waals surface area (Å²) in [4.78, 5) is 23.5. The summed E-state index contributed by atoms with van der Waals surface area (Å²) in [6.07, 6.45) is 26.9. The van der Waals surface area contributed by atoms with Gasteiger partial charge in [0, 0.05) is 19.4 Å². The first-order chi connectivity index (χ1) is 15.2. The van der Waals surface area contributed by atoms with Crippen LogP contribution in [0.1, 0.15) is 142 Å². The van der Waals surface area contributed by atoms with Gasteiger partial charge in [-0.2, -0.15) is 0 Å². The van der Waals surface area contributed by atoms with Gasteiger partial charge in [-0.3, -0.25) is 9.59 Å². The fourth-order valence-corrected chi connectivity index (χ4v) is 3.64. The van der Waals surface area contributed by atoms with Crippen molar-refractivity contribution in [2.75, 3.05) is 6.61 Å². The lowest BCUT2D eigenvalue weighted by molar-refractivity contribution is -0.159. The molecule has 0 heterocycles. The zero-order valence-electron chi connectivity index (χ0n) is 20.4. The molecule has 0 bridgehead atoms. The number of hydrogen-bond donors (Lipinski definition) is 1. The van der Waals surface area contributed by atoms with Gasteiger partial charge in [0.1, 0.15) is 0 Å². The zero-order valence-corrected chi connectivity index (χ0v) is 20.4. The van der Waals surface area contributed by atoms with Crippen LogP contribution in [0, 0.1) is 0 Å². The Morgan fingerprint density at radius 2 is 0.968 bits per heavy atom. The molecule has 0 aliphatic heterocycles. The van der Waals surface area contributed by atoms with E-state index < -0.39 is 0 Å². The molecule has 0 radical (unpaired) electrons. The van der Waals surface area contributed by atoms with Gasteiger partial charge in [0.25, 0.3) is 0 Å². The molecule has 31 heavy (non-hydrogen) atoms. The van der Waals surface area contributed by atoms with Crippen molar-refractivity contribution in [1.82, 2.24) is 0 Å². The number of esters is 2. The molecule has 0 aliphatic rings. The highest BCUT2D eigenvalue weighted by molar-refractivity contribution is 5.85. The summed E-state index contributed by atoms with van der Waals surface area (Å²) < 4.78 is 4.93. The number of hydrogen-bond acceptors (Lipinski definition) is 4. The highest BCUT2D eigenvalue weighted by atomic mass is 16.6. The van der Waals surface area contributed by atoms with Crippen molar-refractivity contribution in [1.29, 1.82) is 0 Å². The molecule has 0 rings (SSSR count). The van der Waals surface area contributed by atoms with Crippen molar-refractivity contribution >= 4 is 11.9 Å². The van der Waals surface area contributed by atoms with E-state index in [1.54, 1.807) is 0 Å². The van der Waals surface area contributed by atoms with Gasteiger partial charge in [-0.25, -0.2) is 0 Å². The Bertz CT molecular complexity index is 431. The van der Waals surface area contributed by atoms with Crippen LogP contribution in [0.3, 0.4) is 0 Å². The normalized spacial score (nSPS) is 11.3. The molecule has 0 atom stereocenters. The number of carbonyl (C=O) groups excluding carboxylic acids is 2. The van der Waals surface area contributed by atoms with Gasteiger partial charge >= 0.3 is 11.9 Å². The molecule has 182 valence electrons. The van der Waals surface area contributed by atoms with Crippen molar-refractivity contribution < 1.29 is 19.4 Å². The van der Waals surface area contributed by atoms with Gasteiger partial charge in [0.2, 0.25) is 0 Å². The average molecular weight is 439 g/mol. The highest BCUT2D eigenvalue weighted by Gasteiger charge is 2.09. The van der Waals surface area contributed by atoms with Gasteiger partial charge in [0.05, 0.1) is 0 Å². The van der Waals surface area contributed by atoms with E-state index in [0.717, 1.165) is 57.8 Å². The van der Waals surface area contributed by atoms with Gasteiger partial charge in [0.15, 0.2) is 0 Å². The molecule has 0 aromatic carbocycles. The molecule has 0 fully saturated rings. The molecule has 4 nitrogen and oxygen atoms in total. The lowest BCUT2D eigenvalue weighted by Crippen LogP contribution is -2.11. The van der Waals surface area contributed by atoms with Crippen molar-refractivity contribution in [2.24, 2.45) is 0 Å². The summed E-state index contributed by atoms with van der Waals surface area (Å²) in [6, 6.07) is 0. The molecule has 4 heteroatoms. The minimum atomic E-state index is -0.358. The molecule has 0 aromatic heterocycles. The SMILES string of the molecule is CCCCC=CCCCCCCCC(=O)OC(=O)CCCCCCCCCCCCO. The van der Waals surface area contributed by atoms with Crippen molar-refractivity contribution in [3.63, 3.8) is 0 Å². The summed E-state index contributed by atoms with van der Waals surface area (Å²) in [5, 5.41) is 8.73. The summed E-state index contributed by atoms with van der Waals surface area (Å²) >= 11 is 0. The average Bonchev–Trinajstić information content (AvgIpc) is 2.75. The second-order valence-electron chi connectivity index (χ2n) is 8.78. The Morgan fingerprint density at radius 1 is 0.581 bits per heavy atom. The number of ether oxygens (including phenoxy) is 1. The molecule has 0 aromatic rings. The Kier molecular flexibility index (Phi) is 24.2. The number of allylic oxidation sites excluding steroid dienone is 2. The molecule has 0 spiro atoms. The number of unbranched alkanes of at least 4 members (excludes halogenated alkanes) is 16. The third-order valence-corrected chi connectivity index (χ3v) is 5.66. The van der Waals surface area contributed by atoms with Crippen LogP contribution in [0.2, 0.25) is 0 Å². The topological polar surface area (TPSA) is 63.6 Å². The first kappa shape index (κ1) is 29.8. The summed E-state index contributed by atoms with van der Waals surface area (Å²) in [7, 11) is 0. The lowest BCUT2D eigenvalue weighted by Gasteiger charge is -2.04. The third kappa shape index (κ3) is 25.0. The van der Waals surface area contributed by atoms with Crippen LogP contribution in [0.15, 0.2) is 12.2 Å². The molecular weight excluding hydrogens is 388 g/mol. The summed E-state index contributed by atoms with van der Waals surface area (Å²) in [5.41, 5.74) is 0. The van der Waals surface area contributed by atoms with E-state index in [1.165, 1.54) is 64.2 Å². The molecule has 0 aliphatic carbocycles. The highest BCUT2D eigenvalue weighted by Crippen LogP contribution is 2.12. The first-order valence-corrected chi connectivity index (χ1v) is 13.2. The number of aliphatic hydroxyl groups excluding tert-OH is 1. The van der Waals surface area contributed by atoms with E-state index in [-0.39, 0.29) is 11.9 Å². The zero-order chi connectivity index (χ0) is 22.8. The first-order valence-electron chi connectivity index (χ1n) is 13.2. The largest absolute Gasteiger partial charge is 0.396 e. The Labute approximate surface area is 192 Å². The van der Waals surface area contributed by atoms with Crippen LogP contribution in [0.5, 0.6) is 0 Å². The van der Waals surface area contributed by atoms with E-state index in [0.29, 0.717) is 19.4 Å². The summed E-state index contributed by atoms with van der Waals surface area (Å²) in [6.45, 7) is 2.53. The van der Waals surface area contributed by atoms with Crippen LogP contribution in [0.4, 0.5) is 0 Å². The maximum Gasteiger partial charge on any atom is 0.313 e. The second-order valence-corrected chi connectivity index (χ2v) is 8.78. The summed E-state index contributed by atoms with van der Waals surface area (Å²) in [5.74, 6) is -0.714. The quantitative estimate of drug-likeness (QED) is 0.0764. The van der Waals surface area contributed by atoms with Crippen molar-refractivity contribution in [3.8, 4) is 0 Å².